The lowest BCUT2D eigenvalue weighted by Crippen LogP contribution is -2.34. The van der Waals surface area contributed by atoms with Gasteiger partial charge in [-0.05, 0) is 34.4 Å². The minimum absolute atomic E-state index is 0.0302. The summed E-state index contributed by atoms with van der Waals surface area (Å²) in [6.07, 6.45) is -0.605. The number of benzene rings is 5. The fourth-order valence-corrected chi connectivity index (χ4v) is 4.52. The minimum atomic E-state index is -0.950. The molecule has 0 aliphatic rings. The first kappa shape index (κ1) is 24.7. The summed E-state index contributed by atoms with van der Waals surface area (Å²) in [7, 11) is 0. The maximum atomic E-state index is 11.1. The molecule has 5 aromatic carbocycles. The van der Waals surface area contributed by atoms with Gasteiger partial charge in [-0.2, -0.15) is 0 Å². The first-order valence-corrected chi connectivity index (χ1v) is 12.3. The summed E-state index contributed by atoms with van der Waals surface area (Å²) in [5.74, 6) is 6.51. The number of rotatable bonds is 7. The van der Waals surface area contributed by atoms with Gasteiger partial charge in [-0.1, -0.05) is 133 Å². The summed E-state index contributed by atoms with van der Waals surface area (Å²) >= 11 is 0. The highest BCUT2D eigenvalue weighted by molar-refractivity contribution is 5.49. The number of non-ortho nitro benzene ring substituents is 1. The maximum absolute atomic E-state index is 11.1. The van der Waals surface area contributed by atoms with Crippen molar-refractivity contribution in [2.24, 2.45) is 0 Å². The zero-order chi connectivity index (χ0) is 26.2. The number of hydrogen-bond donors (Lipinski definition) is 0. The van der Waals surface area contributed by atoms with E-state index in [1.165, 1.54) is 12.1 Å². The summed E-state index contributed by atoms with van der Waals surface area (Å²) in [5.41, 5.74) is 3.61. The highest BCUT2D eigenvalue weighted by atomic mass is 16.6. The quantitative estimate of drug-likeness (QED) is 0.101. The molecule has 0 aliphatic carbocycles. The zero-order valence-electron chi connectivity index (χ0n) is 20.6. The summed E-state index contributed by atoms with van der Waals surface area (Å²) in [6.45, 7) is 0. The van der Waals surface area contributed by atoms with E-state index < -0.39 is 16.6 Å². The summed E-state index contributed by atoms with van der Waals surface area (Å²) < 4.78 is 7.18. The summed E-state index contributed by atoms with van der Waals surface area (Å²) in [6, 6.07) is 46.7. The molecular weight excluding hydrogens is 470 g/mol. The fraction of sp³-hybridized carbons (Fsp3) is 0.0588. The lowest BCUT2D eigenvalue weighted by molar-refractivity contribution is -0.384. The Morgan fingerprint density at radius 2 is 1.03 bits per heavy atom. The Morgan fingerprint density at radius 3 is 1.45 bits per heavy atom. The van der Waals surface area contributed by atoms with Crippen LogP contribution in [0.15, 0.2) is 146 Å². The smallest absolute Gasteiger partial charge is 0.269 e. The van der Waals surface area contributed by atoms with Gasteiger partial charge in [0.05, 0.1) is 4.92 Å². The SMILES string of the molecule is O=[N+]([O-])c1ccc(C#CC(OC(c2ccccc2)(c2ccccc2)c2ccccc2)c2ccccc2)cc1. The Labute approximate surface area is 222 Å². The second kappa shape index (κ2) is 11.4. The Balaban J connectivity index is 1.68. The number of nitro groups is 1. The third kappa shape index (κ3) is 5.24. The van der Waals surface area contributed by atoms with E-state index in [9.17, 15) is 10.1 Å². The van der Waals surface area contributed by atoms with Gasteiger partial charge in [-0.3, -0.25) is 10.1 Å². The fourth-order valence-electron chi connectivity index (χ4n) is 4.52. The Kier molecular flexibility index (Phi) is 7.40. The van der Waals surface area contributed by atoms with Crippen LogP contribution in [0.2, 0.25) is 0 Å². The van der Waals surface area contributed by atoms with Gasteiger partial charge in [0.25, 0.3) is 5.69 Å². The lowest BCUT2D eigenvalue weighted by Gasteiger charge is -2.38. The van der Waals surface area contributed by atoms with Crippen LogP contribution in [-0.2, 0) is 10.3 Å². The predicted molar refractivity (Wildman–Crippen MR) is 149 cm³/mol. The lowest BCUT2D eigenvalue weighted by atomic mass is 9.79. The summed E-state index contributed by atoms with van der Waals surface area (Å²) in [4.78, 5) is 10.7. The molecular formula is C34H25NO3. The third-order valence-electron chi connectivity index (χ3n) is 6.36. The molecule has 5 aromatic rings. The standard InChI is InChI=1S/C34H25NO3/c36-35(37)32-24-21-27(22-25-32)23-26-33(28-13-5-1-6-14-28)38-34(29-15-7-2-8-16-29,30-17-9-3-10-18-30)31-19-11-4-12-20-31/h1-22,24-25,33H. The van der Waals surface area contributed by atoms with Crippen LogP contribution in [0.5, 0.6) is 0 Å². The molecule has 1 unspecified atom stereocenters. The van der Waals surface area contributed by atoms with Crippen molar-refractivity contribution in [1.82, 2.24) is 0 Å². The van der Waals surface area contributed by atoms with E-state index in [0.717, 1.165) is 22.3 Å². The van der Waals surface area contributed by atoms with Crippen LogP contribution < -0.4 is 0 Å². The van der Waals surface area contributed by atoms with Crippen molar-refractivity contribution in [3.05, 3.63) is 184 Å². The van der Waals surface area contributed by atoms with Crippen molar-refractivity contribution in [2.45, 2.75) is 11.7 Å². The molecule has 0 bridgehead atoms. The topological polar surface area (TPSA) is 52.4 Å². The van der Waals surface area contributed by atoms with Gasteiger partial charge >= 0.3 is 0 Å². The second-order valence-electron chi connectivity index (χ2n) is 8.76. The molecule has 4 heteroatoms. The molecule has 0 aliphatic heterocycles. The van der Waals surface area contributed by atoms with Crippen LogP contribution in [0.4, 0.5) is 5.69 Å². The number of nitro benzene ring substituents is 1. The van der Waals surface area contributed by atoms with Gasteiger partial charge in [0.15, 0.2) is 0 Å². The van der Waals surface area contributed by atoms with E-state index in [2.05, 4.69) is 48.2 Å². The molecule has 0 radical (unpaired) electrons. The van der Waals surface area contributed by atoms with Crippen molar-refractivity contribution in [1.29, 1.82) is 0 Å². The van der Waals surface area contributed by atoms with Crippen LogP contribution >= 0.6 is 0 Å². The minimum Gasteiger partial charge on any atom is -0.340 e. The molecule has 0 heterocycles. The zero-order valence-corrected chi connectivity index (χ0v) is 20.6. The van der Waals surface area contributed by atoms with Crippen LogP contribution in [0.3, 0.4) is 0 Å². The average molecular weight is 496 g/mol. The van der Waals surface area contributed by atoms with Crippen molar-refractivity contribution in [3.63, 3.8) is 0 Å². The van der Waals surface area contributed by atoms with Crippen LogP contribution in [-0.4, -0.2) is 4.92 Å². The molecule has 4 nitrogen and oxygen atoms in total. The van der Waals surface area contributed by atoms with E-state index in [1.807, 2.05) is 84.9 Å². The normalized spacial score (nSPS) is 11.7. The highest BCUT2D eigenvalue weighted by Gasteiger charge is 2.40. The molecule has 0 spiro atoms. The Bertz CT molecular complexity index is 1440. The van der Waals surface area contributed by atoms with E-state index in [-0.39, 0.29) is 5.69 Å². The van der Waals surface area contributed by atoms with Crippen molar-refractivity contribution in [2.75, 3.05) is 0 Å². The van der Waals surface area contributed by atoms with Gasteiger partial charge < -0.3 is 4.74 Å². The van der Waals surface area contributed by atoms with Gasteiger partial charge in [0, 0.05) is 17.7 Å². The van der Waals surface area contributed by atoms with E-state index in [4.69, 9.17) is 4.74 Å². The molecule has 38 heavy (non-hydrogen) atoms. The molecule has 0 saturated heterocycles. The van der Waals surface area contributed by atoms with Crippen molar-refractivity contribution >= 4 is 5.69 Å². The number of nitrogens with zero attached hydrogens (tertiary/aromatic N) is 1. The first-order chi connectivity index (χ1) is 18.7. The maximum Gasteiger partial charge on any atom is 0.269 e. The number of hydrogen-bond acceptors (Lipinski definition) is 3. The summed E-state index contributed by atoms with van der Waals surface area (Å²) in [5, 5.41) is 11.1. The van der Waals surface area contributed by atoms with Crippen molar-refractivity contribution in [3.8, 4) is 11.8 Å². The second-order valence-corrected chi connectivity index (χ2v) is 8.76. The molecule has 0 fully saturated rings. The molecule has 0 N–H and O–H groups in total. The van der Waals surface area contributed by atoms with Gasteiger partial charge in [0.2, 0.25) is 0 Å². The number of ether oxygens (including phenoxy) is 1. The van der Waals surface area contributed by atoms with Gasteiger partial charge in [-0.15, -0.1) is 0 Å². The van der Waals surface area contributed by atoms with E-state index >= 15 is 0 Å². The van der Waals surface area contributed by atoms with E-state index in [0.29, 0.717) is 5.56 Å². The molecule has 5 rings (SSSR count). The highest BCUT2D eigenvalue weighted by Crippen LogP contribution is 2.43. The average Bonchev–Trinajstić information content (AvgIpc) is 2.99. The first-order valence-electron chi connectivity index (χ1n) is 12.3. The third-order valence-corrected chi connectivity index (χ3v) is 6.36. The predicted octanol–water partition coefficient (Wildman–Crippen LogP) is 7.70. The van der Waals surface area contributed by atoms with Crippen molar-refractivity contribution < 1.29 is 9.66 Å². The monoisotopic (exact) mass is 495 g/mol. The molecule has 0 saturated carbocycles. The van der Waals surface area contributed by atoms with Gasteiger partial charge in [0.1, 0.15) is 11.7 Å². The van der Waals surface area contributed by atoms with Crippen LogP contribution in [0, 0.1) is 22.0 Å². The molecule has 184 valence electrons. The van der Waals surface area contributed by atoms with Gasteiger partial charge in [-0.25, -0.2) is 0 Å². The van der Waals surface area contributed by atoms with E-state index in [1.54, 1.807) is 12.1 Å². The molecule has 0 amide bonds. The Hall–Kier alpha value is -4.98. The molecule has 0 aromatic heterocycles. The molecule has 1 atom stereocenters. The Morgan fingerprint density at radius 1 is 0.605 bits per heavy atom. The largest absolute Gasteiger partial charge is 0.340 e. The van der Waals surface area contributed by atoms with Crippen LogP contribution in [0.25, 0.3) is 0 Å². The van der Waals surface area contributed by atoms with Crippen LogP contribution in [0.1, 0.15) is 33.9 Å².